The van der Waals surface area contributed by atoms with Gasteiger partial charge in [0.25, 0.3) is 0 Å². The lowest BCUT2D eigenvalue weighted by Gasteiger charge is -2.31. The summed E-state index contributed by atoms with van der Waals surface area (Å²) < 4.78 is 5.65. The molecule has 0 aliphatic carbocycles. The van der Waals surface area contributed by atoms with Crippen LogP contribution in [-0.4, -0.2) is 29.9 Å². The highest BCUT2D eigenvalue weighted by atomic mass is 16.3. The SMILES string of the molecule is Cc1ccc(-c2ccc(C)c(NC(=O)N3CCCC(C(N)=O)C3)c2)o1. The van der Waals surface area contributed by atoms with Crippen molar-refractivity contribution in [2.45, 2.75) is 26.7 Å². The Hall–Kier alpha value is -2.76. The second kappa shape index (κ2) is 7.01. The summed E-state index contributed by atoms with van der Waals surface area (Å²) in [5.41, 5.74) is 7.99. The smallest absolute Gasteiger partial charge is 0.321 e. The Morgan fingerprint density at radius 1 is 1.24 bits per heavy atom. The number of amides is 3. The highest BCUT2D eigenvalue weighted by Crippen LogP contribution is 2.27. The molecule has 0 radical (unpaired) electrons. The molecule has 1 aliphatic heterocycles. The molecule has 6 heteroatoms. The number of piperidine rings is 1. The fourth-order valence-corrected chi connectivity index (χ4v) is 3.09. The highest BCUT2D eigenvalue weighted by molar-refractivity contribution is 5.91. The molecular formula is C19H23N3O3. The number of likely N-dealkylation sites (tertiary alicyclic amines) is 1. The fraction of sp³-hybridized carbons (Fsp3) is 0.368. The number of benzene rings is 1. The first-order valence-corrected chi connectivity index (χ1v) is 8.47. The van der Waals surface area contributed by atoms with Crippen LogP contribution in [0, 0.1) is 19.8 Å². The molecule has 132 valence electrons. The zero-order valence-electron chi connectivity index (χ0n) is 14.5. The summed E-state index contributed by atoms with van der Waals surface area (Å²) in [6.07, 6.45) is 1.52. The Bertz CT molecular complexity index is 797. The van der Waals surface area contributed by atoms with E-state index in [-0.39, 0.29) is 17.9 Å². The van der Waals surface area contributed by atoms with Crippen LogP contribution in [0.3, 0.4) is 0 Å². The van der Waals surface area contributed by atoms with Gasteiger partial charge in [0.1, 0.15) is 11.5 Å². The van der Waals surface area contributed by atoms with Gasteiger partial charge in [0.2, 0.25) is 5.91 Å². The van der Waals surface area contributed by atoms with Crippen LogP contribution in [0.1, 0.15) is 24.2 Å². The molecule has 25 heavy (non-hydrogen) atoms. The van der Waals surface area contributed by atoms with Crippen molar-refractivity contribution in [3.05, 3.63) is 41.7 Å². The maximum absolute atomic E-state index is 12.6. The Labute approximate surface area is 147 Å². The number of nitrogens with one attached hydrogen (secondary N) is 1. The molecule has 3 N–H and O–H groups in total. The lowest BCUT2D eigenvalue weighted by atomic mass is 9.98. The number of furan rings is 1. The van der Waals surface area contributed by atoms with E-state index in [0.29, 0.717) is 13.1 Å². The van der Waals surface area contributed by atoms with Crippen molar-refractivity contribution in [2.24, 2.45) is 11.7 Å². The van der Waals surface area contributed by atoms with Gasteiger partial charge in [-0.1, -0.05) is 12.1 Å². The maximum Gasteiger partial charge on any atom is 0.321 e. The number of hydrogen-bond acceptors (Lipinski definition) is 3. The van der Waals surface area contributed by atoms with Gasteiger partial charge in [-0.15, -0.1) is 0 Å². The molecule has 1 fully saturated rings. The average molecular weight is 341 g/mol. The van der Waals surface area contributed by atoms with Crippen LogP contribution in [0.25, 0.3) is 11.3 Å². The molecule has 1 aromatic carbocycles. The number of primary amides is 1. The van der Waals surface area contributed by atoms with Crippen molar-refractivity contribution in [3.8, 4) is 11.3 Å². The molecule has 0 spiro atoms. The third-order valence-electron chi connectivity index (χ3n) is 4.62. The first kappa shape index (κ1) is 17.1. The molecule has 1 aliphatic rings. The van der Waals surface area contributed by atoms with Gasteiger partial charge in [-0.05, 0) is 50.5 Å². The molecule has 6 nitrogen and oxygen atoms in total. The van der Waals surface area contributed by atoms with Gasteiger partial charge in [-0.2, -0.15) is 0 Å². The topological polar surface area (TPSA) is 88.6 Å². The van der Waals surface area contributed by atoms with E-state index in [1.807, 2.05) is 44.2 Å². The lowest BCUT2D eigenvalue weighted by Crippen LogP contribution is -2.45. The Kier molecular flexibility index (Phi) is 4.79. The number of anilines is 1. The number of hydrogen-bond donors (Lipinski definition) is 2. The van der Waals surface area contributed by atoms with E-state index in [1.165, 1.54) is 0 Å². The summed E-state index contributed by atoms with van der Waals surface area (Å²) in [6.45, 7) is 4.84. The number of nitrogens with two attached hydrogens (primary N) is 1. The molecule has 0 saturated carbocycles. The Morgan fingerprint density at radius 2 is 2.04 bits per heavy atom. The summed E-state index contributed by atoms with van der Waals surface area (Å²) in [6, 6.07) is 9.43. The zero-order chi connectivity index (χ0) is 18.0. The number of aryl methyl sites for hydroxylation is 2. The second-order valence-corrected chi connectivity index (χ2v) is 6.56. The number of rotatable bonds is 3. The van der Waals surface area contributed by atoms with Crippen LogP contribution in [0.4, 0.5) is 10.5 Å². The standard InChI is InChI=1S/C19H23N3O3/c1-12-5-7-14(17-8-6-13(2)25-17)10-16(12)21-19(24)22-9-3-4-15(11-22)18(20)23/h5-8,10,15H,3-4,9,11H2,1-2H3,(H2,20,23)(H,21,24). The van der Waals surface area contributed by atoms with Gasteiger partial charge in [0.15, 0.2) is 0 Å². The molecular weight excluding hydrogens is 318 g/mol. The van der Waals surface area contributed by atoms with Crippen molar-refractivity contribution in [2.75, 3.05) is 18.4 Å². The molecule has 1 aromatic heterocycles. The van der Waals surface area contributed by atoms with Crippen molar-refractivity contribution >= 4 is 17.6 Å². The third-order valence-corrected chi connectivity index (χ3v) is 4.62. The van der Waals surface area contributed by atoms with E-state index in [2.05, 4.69) is 5.32 Å². The summed E-state index contributed by atoms with van der Waals surface area (Å²) >= 11 is 0. The van der Waals surface area contributed by atoms with Crippen LogP contribution in [0.15, 0.2) is 34.7 Å². The van der Waals surface area contributed by atoms with E-state index >= 15 is 0 Å². The third kappa shape index (κ3) is 3.84. The molecule has 1 unspecified atom stereocenters. The minimum absolute atomic E-state index is 0.207. The van der Waals surface area contributed by atoms with Gasteiger partial charge in [-0.3, -0.25) is 4.79 Å². The van der Waals surface area contributed by atoms with Gasteiger partial charge < -0.3 is 20.4 Å². The largest absolute Gasteiger partial charge is 0.461 e. The summed E-state index contributed by atoms with van der Waals surface area (Å²) in [7, 11) is 0. The second-order valence-electron chi connectivity index (χ2n) is 6.56. The number of urea groups is 1. The van der Waals surface area contributed by atoms with Crippen molar-refractivity contribution in [3.63, 3.8) is 0 Å². The maximum atomic E-state index is 12.6. The van der Waals surface area contributed by atoms with E-state index < -0.39 is 0 Å². The normalized spacial score (nSPS) is 17.4. The van der Waals surface area contributed by atoms with Gasteiger partial charge in [-0.25, -0.2) is 4.79 Å². The first-order valence-electron chi connectivity index (χ1n) is 8.47. The van der Waals surface area contributed by atoms with Crippen LogP contribution >= 0.6 is 0 Å². The summed E-state index contributed by atoms with van der Waals surface area (Å²) in [5.74, 6) is 0.994. The van der Waals surface area contributed by atoms with Crippen LogP contribution in [0.5, 0.6) is 0 Å². The fourth-order valence-electron chi connectivity index (χ4n) is 3.09. The van der Waals surface area contributed by atoms with E-state index in [1.54, 1.807) is 4.90 Å². The molecule has 2 aromatic rings. The molecule has 1 atom stereocenters. The zero-order valence-corrected chi connectivity index (χ0v) is 14.5. The first-order chi connectivity index (χ1) is 11.9. The van der Waals surface area contributed by atoms with E-state index in [9.17, 15) is 9.59 Å². The van der Waals surface area contributed by atoms with E-state index in [4.69, 9.17) is 10.2 Å². The van der Waals surface area contributed by atoms with Crippen LogP contribution in [0.2, 0.25) is 0 Å². The highest BCUT2D eigenvalue weighted by Gasteiger charge is 2.27. The van der Waals surface area contributed by atoms with Crippen LogP contribution in [-0.2, 0) is 4.79 Å². The Balaban J connectivity index is 1.75. The quantitative estimate of drug-likeness (QED) is 0.898. The molecule has 0 bridgehead atoms. The molecule has 3 rings (SSSR count). The average Bonchev–Trinajstić information content (AvgIpc) is 3.03. The number of carbonyl (C=O) groups is 2. The van der Waals surface area contributed by atoms with Crippen molar-refractivity contribution in [1.29, 1.82) is 0 Å². The summed E-state index contributed by atoms with van der Waals surface area (Å²) in [4.78, 5) is 25.6. The van der Waals surface area contributed by atoms with Crippen molar-refractivity contribution < 1.29 is 14.0 Å². The Morgan fingerprint density at radius 3 is 2.72 bits per heavy atom. The predicted octanol–water partition coefficient (Wildman–Crippen LogP) is 3.29. The molecule has 1 saturated heterocycles. The van der Waals surface area contributed by atoms with Gasteiger partial charge >= 0.3 is 6.03 Å². The molecule has 2 heterocycles. The number of nitrogens with zero attached hydrogens (tertiary/aromatic N) is 1. The monoisotopic (exact) mass is 341 g/mol. The van der Waals surface area contributed by atoms with Gasteiger partial charge in [0.05, 0.1) is 5.92 Å². The van der Waals surface area contributed by atoms with Crippen LogP contribution < -0.4 is 11.1 Å². The van der Waals surface area contributed by atoms with Crippen molar-refractivity contribution in [1.82, 2.24) is 4.90 Å². The minimum atomic E-state index is -0.344. The molecule has 3 amide bonds. The lowest BCUT2D eigenvalue weighted by molar-refractivity contribution is -0.123. The summed E-state index contributed by atoms with van der Waals surface area (Å²) in [5, 5.41) is 2.95. The minimum Gasteiger partial charge on any atom is -0.461 e. The number of carbonyl (C=O) groups excluding carboxylic acids is 2. The van der Waals surface area contributed by atoms with E-state index in [0.717, 1.165) is 41.2 Å². The van der Waals surface area contributed by atoms with Gasteiger partial charge in [0, 0.05) is 24.3 Å². The predicted molar refractivity (Wildman–Crippen MR) is 96.1 cm³/mol.